The van der Waals surface area contributed by atoms with Crippen LogP contribution in [0.1, 0.15) is 13.8 Å². The molecule has 0 aromatic heterocycles. The van der Waals surface area contributed by atoms with Gasteiger partial charge in [-0.15, -0.1) is 0 Å². The Morgan fingerprint density at radius 3 is 2.00 bits per heavy atom. The van der Waals surface area contributed by atoms with Crippen LogP contribution >= 0.6 is 0 Å². The van der Waals surface area contributed by atoms with Crippen molar-refractivity contribution in [1.29, 1.82) is 0 Å². The van der Waals surface area contributed by atoms with Crippen LogP contribution < -0.4 is 29.3 Å². The summed E-state index contributed by atoms with van der Waals surface area (Å²) >= 11 is 0. The second kappa shape index (κ2) is 12.1. The molecule has 0 aliphatic carbocycles. The van der Waals surface area contributed by atoms with Gasteiger partial charge < -0.3 is 29.3 Å². The third-order valence-electron chi connectivity index (χ3n) is 5.88. The molecule has 1 N–H and O–H groups in total. The summed E-state index contributed by atoms with van der Waals surface area (Å²) in [6.45, 7) is 5.74. The fraction of sp³-hybridized carbons (Fsp3) is 0.226. The summed E-state index contributed by atoms with van der Waals surface area (Å²) in [5, 5.41) is 3.34. The summed E-state index contributed by atoms with van der Waals surface area (Å²) in [7, 11) is 6.04. The lowest BCUT2D eigenvalue weighted by Gasteiger charge is -2.26. The van der Waals surface area contributed by atoms with E-state index in [2.05, 4.69) is 24.1 Å². The van der Waals surface area contributed by atoms with Crippen LogP contribution in [0.3, 0.4) is 0 Å². The van der Waals surface area contributed by atoms with Gasteiger partial charge >= 0.3 is 0 Å². The lowest BCUT2D eigenvalue weighted by Crippen LogP contribution is -2.17. The molecule has 0 saturated heterocycles. The summed E-state index contributed by atoms with van der Waals surface area (Å²) in [6.07, 6.45) is 0. The maximum Gasteiger partial charge on any atom is 0.197 e. The normalized spacial score (nSPS) is 10.5. The van der Waals surface area contributed by atoms with Crippen molar-refractivity contribution in [2.75, 3.05) is 49.3 Å². The average Bonchev–Trinajstić information content (AvgIpc) is 2.91. The summed E-state index contributed by atoms with van der Waals surface area (Å²) in [5.41, 5.74) is 2.85. The Bertz CT molecular complexity index is 1310. The maximum absolute atomic E-state index is 6.59. The van der Waals surface area contributed by atoms with Gasteiger partial charge in [-0.05, 0) is 62.4 Å². The van der Waals surface area contributed by atoms with E-state index in [0.717, 1.165) is 35.9 Å². The van der Waals surface area contributed by atoms with Crippen LogP contribution in [0.25, 0.3) is 0 Å². The summed E-state index contributed by atoms with van der Waals surface area (Å²) in [6, 6.07) is 29.5. The first-order valence-electron chi connectivity index (χ1n) is 12.6. The topological polar surface area (TPSA) is 46.2 Å². The van der Waals surface area contributed by atoms with Crippen molar-refractivity contribution >= 4 is 17.1 Å². The number of rotatable bonds is 11. The van der Waals surface area contributed by atoms with Crippen LogP contribution in [0.2, 0.25) is 0 Å². The van der Waals surface area contributed by atoms with Gasteiger partial charge in [0, 0.05) is 57.7 Å². The van der Waals surface area contributed by atoms with Gasteiger partial charge in [0.25, 0.3) is 0 Å². The molecule has 0 fully saturated rings. The zero-order valence-corrected chi connectivity index (χ0v) is 22.2. The van der Waals surface area contributed by atoms with E-state index in [1.54, 1.807) is 0 Å². The minimum absolute atomic E-state index is 0.586. The smallest absolute Gasteiger partial charge is 0.197 e. The second-order valence-corrected chi connectivity index (χ2v) is 8.82. The molecule has 0 aliphatic heterocycles. The number of hydrogen-bond acceptors (Lipinski definition) is 6. The number of anilines is 3. The SMILES string of the molecule is CCNc1cccc(Oc2ccc(Oc3ccccc3)c(N(C)CC)c2Oc2cccc(N(C)C)c2)c1. The van der Waals surface area contributed by atoms with E-state index in [-0.39, 0.29) is 0 Å². The molecular formula is C31H35N3O3. The predicted octanol–water partition coefficient (Wildman–Crippen LogP) is 8.02. The first kappa shape index (κ1) is 25.8. The highest BCUT2D eigenvalue weighted by atomic mass is 16.5. The van der Waals surface area contributed by atoms with Gasteiger partial charge in [0.15, 0.2) is 17.2 Å². The molecule has 0 saturated carbocycles. The molecule has 0 aliphatic rings. The lowest BCUT2D eigenvalue weighted by molar-refractivity contribution is 0.412. The molecule has 4 rings (SSSR count). The molecule has 0 heterocycles. The fourth-order valence-electron chi connectivity index (χ4n) is 3.87. The number of nitrogens with zero attached hydrogens (tertiary/aromatic N) is 2. The number of hydrogen-bond donors (Lipinski definition) is 1. The number of nitrogens with one attached hydrogen (secondary N) is 1. The van der Waals surface area contributed by atoms with Crippen molar-refractivity contribution in [3.8, 4) is 34.5 Å². The Kier molecular flexibility index (Phi) is 8.41. The van der Waals surface area contributed by atoms with Crippen molar-refractivity contribution in [2.24, 2.45) is 0 Å². The highest BCUT2D eigenvalue weighted by Gasteiger charge is 2.22. The Balaban J connectivity index is 1.82. The zero-order valence-electron chi connectivity index (χ0n) is 22.2. The Hall–Kier alpha value is -4.32. The monoisotopic (exact) mass is 497 g/mol. The van der Waals surface area contributed by atoms with Crippen molar-refractivity contribution in [3.05, 3.63) is 91.0 Å². The van der Waals surface area contributed by atoms with Crippen molar-refractivity contribution in [1.82, 2.24) is 0 Å². The molecule has 0 amide bonds. The average molecular weight is 498 g/mol. The van der Waals surface area contributed by atoms with E-state index in [1.165, 1.54) is 0 Å². The molecule has 0 atom stereocenters. The van der Waals surface area contributed by atoms with E-state index < -0.39 is 0 Å². The molecule has 0 radical (unpaired) electrons. The first-order chi connectivity index (χ1) is 18.0. The van der Waals surface area contributed by atoms with Crippen molar-refractivity contribution in [2.45, 2.75) is 13.8 Å². The van der Waals surface area contributed by atoms with E-state index in [9.17, 15) is 0 Å². The Morgan fingerprint density at radius 1 is 0.649 bits per heavy atom. The van der Waals surface area contributed by atoms with Crippen molar-refractivity contribution < 1.29 is 14.2 Å². The predicted molar refractivity (Wildman–Crippen MR) is 153 cm³/mol. The van der Waals surface area contributed by atoms with E-state index in [4.69, 9.17) is 14.2 Å². The standard InChI is InChI=1S/C31H35N3O3/c1-6-32-23-13-11-17-26(21-23)36-29-20-19-28(35-25-15-9-8-10-16-25)30(34(5)7-2)31(29)37-27-18-12-14-24(22-27)33(3)4/h8-22,32H,6-7H2,1-5H3. The van der Waals surface area contributed by atoms with E-state index >= 15 is 0 Å². The summed E-state index contributed by atoms with van der Waals surface area (Å²) in [4.78, 5) is 4.15. The molecule has 6 nitrogen and oxygen atoms in total. The molecular weight excluding hydrogens is 462 g/mol. The molecule has 4 aromatic rings. The largest absolute Gasteiger partial charge is 0.455 e. The van der Waals surface area contributed by atoms with Crippen LogP contribution in [0.5, 0.6) is 34.5 Å². The number of benzene rings is 4. The number of para-hydroxylation sites is 1. The first-order valence-corrected chi connectivity index (χ1v) is 12.6. The van der Waals surface area contributed by atoms with E-state index in [0.29, 0.717) is 28.7 Å². The Labute approximate surface area is 220 Å². The van der Waals surface area contributed by atoms with Gasteiger partial charge in [0.05, 0.1) is 0 Å². The number of ether oxygens (including phenoxy) is 3. The molecule has 0 spiro atoms. The third kappa shape index (κ3) is 6.47. The lowest BCUT2D eigenvalue weighted by atomic mass is 10.2. The van der Waals surface area contributed by atoms with Crippen LogP contribution in [0, 0.1) is 0 Å². The van der Waals surface area contributed by atoms with Crippen LogP contribution in [0.4, 0.5) is 17.1 Å². The molecule has 6 heteroatoms. The quantitative estimate of drug-likeness (QED) is 0.226. The molecule has 4 aromatic carbocycles. The zero-order chi connectivity index (χ0) is 26.2. The Morgan fingerprint density at radius 2 is 1.30 bits per heavy atom. The van der Waals surface area contributed by atoms with Gasteiger partial charge in [-0.25, -0.2) is 0 Å². The highest BCUT2D eigenvalue weighted by Crippen LogP contribution is 2.49. The maximum atomic E-state index is 6.59. The van der Waals surface area contributed by atoms with Crippen LogP contribution in [-0.2, 0) is 0 Å². The summed E-state index contributed by atoms with van der Waals surface area (Å²) < 4.78 is 19.4. The van der Waals surface area contributed by atoms with Crippen LogP contribution in [0.15, 0.2) is 91.0 Å². The molecule has 0 unspecified atom stereocenters. The second-order valence-electron chi connectivity index (χ2n) is 8.82. The van der Waals surface area contributed by atoms with Gasteiger partial charge in [-0.1, -0.05) is 30.3 Å². The minimum Gasteiger partial charge on any atom is -0.455 e. The minimum atomic E-state index is 0.586. The van der Waals surface area contributed by atoms with Crippen molar-refractivity contribution in [3.63, 3.8) is 0 Å². The van der Waals surface area contributed by atoms with Crippen LogP contribution in [-0.4, -0.2) is 34.2 Å². The molecule has 0 bridgehead atoms. The summed E-state index contributed by atoms with van der Waals surface area (Å²) in [5.74, 6) is 4.04. The van der Waals surface area contributed by atoms with Gasteiger partial charge in [-0.2, -0.15) is 0 Å². The van der Waals surface area contributed by atoms with E-state index in [1.807, 2.05) is 117 Å². The van der Waals surface area contributed by atoms with Gasteiger partial charge in [-0.3, -0.25) is 0 Å². The molecule has 192 valence electrons. The molecule has 37 heavy (non-hydrogen) atoms. The fourth-order valence-corrected chi connectivity index (χ4v) is 3.87. The van der Waals surface area contributed by atoms with Gasteiger partial charge in [0.1, 0.15) is 22.9 Å². The van der Waals surface area contributed by atoms with Gasteiger partial charge in [0.2, 0.25) is 0 Å². The highest BCUT2D eigenvalue weighted by molar-refractivity contribution is 5.74. The third-order valence-corrected chi connectivity index (χ3v) is 5.88.